The highest BCUT2D eigenvalue weighted by atomic mass is 32.2. The van der Waals surface area contributed by atoms with E-state index in [0.29, 0.717) is 5.69 Å². The molecule has 0 saturated carbocycles. The lowest BCUT2D eigenvalue weighted by Gasteiger charge is -2.05. The molecule has 0 heterocycles. The predicted octanol–water partition coefficient (Wildman–Crippen LogP) is 3.21. The lowest BCUT2D eigenvalue weighted by molar-refractivity contribution is 0.567. The van der Waals surface area contributed by atoms with Crippen LogP contribution in [0.15, 0.2) is 58.3 Å². The SMILES string of the molecule is [C-]#[N+]c1ccc(S(=O)(=O)c2ccccc2F)cc1. The third-order valence-corrected chi connectivity index (χ3v) is 4.21. The van der Waals surface area contributed by atoms with Gasteiger partial charge >= 0.3 is 0 Å². The molecular formula is C13H8FNO2S. The fourth-order valence-corrected chi connectivity index (χ4v) is 2.82. The molecule has 5 heteroatoms. The van der Waals surface area contributed by atoms with Crippen LogP contribution in [0.2, 0.25) is 0 Å². The van der Waals surface area contributed by atoms with Gasteiger partial charge in [0.2, 0.25) is 9.84 Å². The highest BCUT2D eigenvalue weighted by Gasteiger charge is 2.20. The second kappa shape index (κ2) is 4.59. The van der Waals surface area contributed by atoms with E-state index in [-0.39, 0.29) is 9.79 Å². The summed E-state index contributed by atoms with van der Waals surface area (Å²) >= 11 is 0. The van der Waals surface area contributed by atoms with E-state index in [2.05, 4.69) is 4.85 Å². The van der Waals surface area contributed by atoms with Crippen LogP contribution in [0, 0.1) is 12.4 Å². The summed E-state index contributed by atoms with van der Waals surface area (Å²) in [5, 5.41) is 0. The Hall–Kier alpha value is -2.19. The van der Waals surface area contributed by atoms with Gasteiger partial charge in [0.15, 0.2) is 5.69 Å². The molecule has 0 radical (unpaired) electrons. The van der Waals surface area contributed by atoms with Crippen LogP contribution in [0.25, 0.3) is 4.85 Å². The Kier molecular flexibility index (Phi) is 3.13. The molecule has 0 unspecified atom stereocenters. The molecule has 0 amide bonds. The maximum atomic E-state index is 13.5. The lowest BCUT2D eigenvalue weighted by Crippen LogP contribution is -2.04. The van der Waals surface area contributed by atoms with E-state index in [0.717, 1.165) is 6.07 Å². The topological polar surface area (TPSA) is 38.5 Å². The summed E-state index contributed by atoms with van der Waals surface area (Å²) in [6, 6.07) is 10.6. The molecule has 3 nitrogen and oxygen atoms in total. The van der Waals surface area contributed by atoms with Gasteiger partial charge in [-0.3, -0.25) is 0 Å². The zero-order valence-electron chi connectivity index (χ0n) is 9.17. The minimum Gasteiger partial charge on any atom is -0.238 e. The maximum absolute atomic E-state index is 13.5. The Balaban J connectivity index is 2.56. The van der Waals surface area contributed by atoms with Crippen molar-refractivity contribution in [1.82, 2.24) is 0 Å². The second-order valence-corrected chi connectivity index (χ2v) is 5.46. The molecule has 2 aromatic rings. The predicted molar refractivity (Wildman–Crippen MR) is 64.6 cm³/mol. The van der Waals surface area contributed by atoms with Crippen LogP contribution in [-0.2, 0) is 9.84 Å². The van der Waals surface area contributed by atoms with Gasteiger partial charge in [-0.15, -0.1) is 0 Å². The normalized spacial score (nSPS) is 10.9. The highest BCUT2D eigenvalue weighted by molar-refractivity contribution is 7.91. The Morgan fingerprint density at radius 2 is 1.61 bits per heavy atom. The molecule has 90 valence electrons. The number of nitrogens with zero attached hydrogens (tertiary/aromatic N) is 1. The van der Waals surface area contributed by atoms with Crippen LogP contribution >= 0.6 is 0 Å². The van der Waals surface area contributed by atoms with Gasteiger partial charge in [-0.05, 0) is 12.1 Å². The minimum atomic E-state index is -3.87. The van der Waals surface area contributed by atoms with E-state index in [9.17, 15) is 12.8 Å². The molecule has 0 N–H and O–H groups in total. The van der Waals surface area contributed by atoms with Crippen molar-refractivity contribution in [2.24, 2.45) is 0 Å². The van der Waals surface area contributed by atoms with Crippen LogP contribution in [0.4, 0.5) is 10.1 Å². The highest BCUT2D eigenvalue weighted by Crippen LogP contribution is 2.24. The molecule has 0 atom stereocenters. The van der Waals surface area contributed by atoms with Crippen molar-refractivity contribution >= 4 is 15.5 Å². The van der Waals surface area contributed by atoms with Crippen LogP contribution in [0.1, 0.15) is 0 Å². The number of halogens is 1. The van der Waals surface area contributed by atoms with E-state index in [1.165, 1.54) is 42.5 Å². The Morgan fingerprint density at radius 3 is 2.17 bits per heavy atom. The summed E-state index contributed by atoms with van der Waals surface area (Å²) < 4.78 is 37.8. The Morgan fingerprint density at radius 1 is 1.00 bits per heavy atom. The summed E-state index contributed by atoms with van der Waals surface area (Å²) in [6.07, 6.45) is 0. The van der Waals surface area contributed by atoms with E-state index in [1.807, 2.05) is 0 Å². The summed E-state index contributed by atoms with van der Waals surface area (Å²) in [6.45, 7) is 6.78. The molecule has 2 aromatic carbocycles. The van der Waals surface area contributed by atoms with Crippen molar-refractivity contribution in [2.75, 3.05) is 0 Å². The lowest BCUT2D eigenvalue weighted by atomic mass is 10.3. The number of hydrogen-bond donors (Lipinski definition) is 0. The maximum Gasteiger partial charge on any atom is 0.209 e. The van der Waals surface area contributed by atoms with Gasteiger partial charge in [0.05, 0.1) is 11.5 Å². The molecule has 0 fully saturated rings. The van der Waals surface area contributed by atoms with E-state index in [1.54, 1.807) is 0 Å². The van der Waals surface area contributed by atoms with Gasteiger partial charge in [-0.2, -0.15) is 0 Å². The monoisotopic (exact) mass is 261 g/mol. The van der Waals surface area contributed by atoms with Crippen molar-refractivity contribution in [3.05, 3.63) is 65.8 Å². The van der Waals surface area contributed by atoms with E-state index in [4.69, 9.17) is 6.57 Å². The molecule has 0 aliphatic heterocycles. The number of sulfone groups is 1. The Bertz CT molecular complexity index is 715. The first-order valence-electron chi connectivity index (χ1n) is 5.03. The summed E-state index contributed by atoms with van der Waals surface area (Å²) in [4.78, 5) is 2.78. The molecule has 0 spiro atoms. The van der Waals surface area contributed by atoms with Gasteiger partial charge in [-0.25, -0.2) is 17.7 Å². The summed E-state index contributed by atoms with van der Waals surface area (Å²) in [7, 11) is -3.87. The van der Waals surface area contributed by atoms with Gasteiger partial charge in [0, 0.05) is 0 Å². The van der Waals surface area contributed by atoms with Gasteiger partial charge in [0.1, 0.15) is 10.7 Å². The van der Waals surface area contributed by atoms with E-state index >= 15 is 0 Å². The summed E-state index contributed by atoms with van der Waals surface area (Å²) in [5.74, 6) is -0.785. The minimum absolute atomic E-state index is 0.0278. The van der Waals surface area contributed by atoms with Crippen LogP contribution in [0.5, 0.6) is 0 Å². The van der Waals surface area contributed by atoms with Gasteiger partial charge < -0.3 is 0 Å². The standard InChI is InChI=1S/C13H8FNO2S/c1-15-10-6-8-11(9-7-10)18(16,17)13-5-3-2-4-12(13)14/h2-9H. The zero-order valence-corrected chi connectivity index (χ0v) is 9.99. The number of benzene rings is 2. The van der Waals surface area contributed by atoms with Crippen molar-refractivity contribution in [3.8, 4) is 0 Å². The number of rotatable bonds is 2. The van der Waals surface area contributed by atoms with Crippen LogP contribution in [0.3, 0.4) is 0 Å². The third-order valence-electron chi connectivity index (χ3n) is 2.40. The molecule has 0 aromatic heterocycles. The Labute approximate surface area is 104 Å². The average Bonchev–Trinajstić information content (AvgIpc) is 2.39. The van der Waals surface area contributed by atoms with Crippen molar-refractivity contribution in [2.45, 2.75) is 9.79 Å². The quantitative estimate of drug-likeness (QED) is 0.778. The fraction of sp³-hybridized carbons (Fsp3) is 0. The first-order chi connectivity index (χ1) is 8.55. The largest absolute Gasteiger partial charge is 0.238 e. The van der Waals surface area contributed by atoms with Crippen molar-refractivity contribution < 1.29 is 12.8 Å². The smallest absolute Gasteiger partial charge is 0.209 e. The molecule has 0 saturated heterocycles. The summed E-state index contributed by atoms with van der Waals surface area (Å²) in [5.41, 5.74) is 0.336. The van der Waals surface area contributed by atoms with Crippen LogP contribution in [-0.4, -0.2) is 8.42 Å². The van der Waals surface area contributed by atoms with Crippen molar-refractivity contribution in [1.29, 1.82) is 0 Å². The molecule has 0 aliphatic carbocycles. The average molecular weight is 261 g/mol. The molecule has 2 rings (SSSR count). The first kappa shape index (κ1) is 12.3. The first-order valence-corrected chi connectivity index (χ1v) is 6.51. The van der Waals surface area contributed by atoms with Gasteiger partial charge in [0.25, 0.3) is 0 Å². The van der Waals surface area contributed by atoms with Crippen LogP contribution < -0.4 is 0 Å². The van der Waals surface area contributed by atoms with Gasteiger partial charge in [-0.1, -0.05) is 36.4 Å². The molecule has 0 bridgehead atoms. The number of hydrogen-bond acceptors (Lipinski definition) is 2. The molecule has 0 aliphatic rings. The molecular weight excluding hydrogens is 253 g/mol. The zero-order chi connectivity index (χ0) is 13.2. The fourth-order valence-electron chi connectivity index (χ4n) is 1.49. The van der Waals surface area contributed by atoms with E-state index < -0.39 is 15.7 Å². The second-order valence-electron chi connectivity index (χ2n) is 3.54. The third kappa shape index (κ3) is 2.11. The van der Waals surface area contributed by atoms with Crippen molar-refractivity contribution in [3.63, 3.8) is 0 Å². The molecule has 18 heavy (non-hydrogen) atoms.